The van der Waals surface area contributed by atoms with Gasteiger partial charge in [-0.05, 0) is 49.6 Å². The number of carboxylic acid groups (broad SMARTS) is 1. The highest BCUT2D eigenvalue weighted by Crippen LogP contribution is 2.78. The van der Waals surface area contributed by atoms with Crippen LogP contribution in [-0.4, -0.2) is 80.1 Å². The lowest BCUT2D eigenvalue weighted by molar-refractivity contribution is -0.140. The largest absolute Gasteiger partial charge is 0.478 e. The van der Waals surface area contributed by atoms with Crippen LogP contribution in [0, 0.1) is 46.3 Å². The van der Waals surface area contributed by atoms with Gasteiger partial charge < -0.3 is 30.5 Å². The van der Waals surface area contributed by atoms with Gasteiger partial charge in [0.25, 0.3) is 0 Å². The third kappa shape index (κ3) is 2.84. The number of ether oxygens (including phenoxy) is 1. The number of carboxylic acids is 1. The van der Waals surface area contributed by atoms with E-state index >= 15 is 0 Å². The molecular formula is C26H36N4O4. The predicted octanol–water partition coefficient (Wildman–Crippen LogP) is 1.05. The number of nitrogens with zero attached hydrogens (tertiary/aromatic N) is 2. The minimum absolute atomic E-state index is 0.0178. The molecule has 7 atom stereocenters. The van der Waals surface area contributed by atoms with Crippen LogP contribution < -0.4 is 10.6 Å². The monoisotopic (exact) mass is 468 g/mol. The van der Waals surface area contributed by atoms with Crippen LogP contribution in [0.3, 0.4) is 0 Å². The lowest BCUT2D eigenvalue weighted by Gasteiger charge is -2.62. The molecule has 0 amide bonds. The molecule has 2 saturated carbocycles. The maximum Gasteiger partial charge on any atom is 0.334 e. The van der Waals surface area contributed by atoms with E-state index in [9.17, 15) is 15.0 Å². The second kappa shape index (κ2) is 8.11. The van der Waals surface area contributed by atoms with E-state index in [2.05, 4.69) is 51.6 Å². The molecule has 5 bridgehead atoms. The van der Waals surface area contributed by atoms with Gasteiger partial charge in [0.1, 0.15) is 5.60 Å². The third-order valence-electron chi connectivity index (χ3n) is 9.45. The van der Waals surface area contributed by atoms with Crippen LogP contribution in [0.2, 0.25) is 0 Å². The first-order chi connectivity index (χ1) is 16.3. The maximum atomic E-state index is 12.7. The number of methoxy groups -OCH3 is 1. The van der Waals surface area contributed by atoms with Crippen LogP contribution in [-0.2, 0) is 9.53 Å². The van der Waals surface area contributed by atoms with Gasteiger partial charge in [0.2, 0.25) is 0 Å². The fourth-order valence-corrected chi connectivity index (χ4v) is 8.58. The molecule has 0 saturated heterocycles. The van der Waals surface area contributed by atoms with E-state index in [0.717, 1.165) is 24.5 Å². The molecule has 34 heavy (non-hydrogen) atoms. The molecule has 2 aliphatic heterocycles. The number of carbonyl (C=O) groups is 1. The van der Waals surface area contributed by atoms with Crippen molar-refractivity contribution in [3.05, 3.63) is 23.4 Å². The molecule has 2 heterocycles. The summed E-state index contributed by atoms with van der Waals surface area (Å²) in [5, 5.41) is 28.9. The van der Waals surface area contributed by atoms with Crippen LogP contribution in [0.5, 0.6) is 0 Å². The predicted molar refractivity (Wildman–Crippen MR) is 129 cm³/mol. The first kappa shape index (κ1) is 23.4. The molecule has 0 aromatic rings. The van der Waals surface area contributed by atoms with Gasteiger partial charge in [-0.1, -0.05) is 24.8 Å². The van der Waals surface area contributed by atoms with Crippen molar-refractivity contribution in [3.8, 4) is 11.8 Å². The van der Waals surface area contributed by atoms with Crippen LogP contribution in [0.15, 0.2) is 28.4 Å². The van der Waals surface area contributed by atoms with Crippen molar-refractivity contribution >= 4 is 11.9 Å². The number of aliphatic imine (C=N–C) groups is 1. The van der Waals surface area contributed by atoms with E-state index in [1.165, 1.54) is 7.11 Å². The standard InChI is InChI=1S/C26H36N4O4/c1-16-10-17-6-5-8-29-23(28-3)30-9-7-18(12-27-2)26(14-30)19(17)11-20-21(22(31)32)24(33,15-34-4)13-25(16,20)26/h7,9,16-19,27,33H,8,10-15H2,1-4H3,(H,28,29)(H,31,32)/t16-,17-,18-,19+,24-,25+,26+/m1/s1. The van der Waals surface area contributed by atoms with Crippen molar-refractivity contribution in [2.45, 2.75) is 31.8 Å². The SMILES string of the molecule is CN=C1NCC#C[C@@H]2C[C@@H](C)[C@@]34C[C@@](O)(COC)C(C(=O)O)=C3C[C@@H]2[C@@]42CN1C=C[C@@H]2CNC. The Morgan fingerprint density at radius 2 is 2.26 bits per heavy atom. The Hall–Kier alpha value is -2.34. The summed E-state index contributed by atoms with van der Waals surface area (Å²) in [5.74, 6) is 7.37. The van der Waals surface area contributed by atoms with Gasteiger partial charge in [0.15, 0.2) is 5.96 Å². The number of hydrogen-bond acceptors (Lipinski definition) is 5. The molecular weight excluding hydrogens is 432 g/mol. The number of fused-ring (bicyclic) bond motifs is 1. The Kier molecular flexibility index (Phi) is 5.58. The van der Waals surface area contributed by atoms with Gasteiger partial charge in [-0.25, -0.2) is 4.79 Å². The number of hydrogen-bond donors (Lipinski definition) is 4. The molecule has 3 aliphatic carbocycles. The zero-order chi connectivity index (χ0) is 24.3. The summed E-state index contributed by atoms with van der Waals surface area (Å²) in [5.41, 5.74) is -1.17. The fourth-order valence-electron chi connectivity index (χ4n) is 8.58. The summed E-state index contributed by atoms with van der Waals surface area (Å²) >= 11 is 0. The number of rotatable bonds is 5. The average molecular weight is 469 g/mol. The van der Waals surface area contributed by atoms with Crippen molar-refractivity contribution in [1.82, 2.24) is 15.5 Å². The molecule has 2 fully saturated rings. The fraction of sp³-hybridized carbons (Fsp3) is 0.692. The number of guanidine groups is 1. The highest BCUT2D eigenvalue weighted by Gasteiger charge is 2.76. The minimum atomic E-state index is -1.51. The van der Waals surface area contributed by atoms with Crippen LogP contribution >= 0.6 is 0 Å². The Morgan fingerprint density at radius 1 is 1.47 bits per heavy atom. The molecule has 2 spiro atoms. The van der Waals surface area contributed by atoms with Crippen molar-refractivity contribution in [1.29, 1.82) is 0 Å². The molecule has 5 rings (SSSR count). The van der Waals surface area contributed by atoms with E-state index in [1.807, 2.05) is 7.05 Å². The van der Waals surface area contributed by atoms with Gasteiger partial charge in [-0.2, -0.15) is 0 Å². The van der Waals surface area contributed by atoms with E-state index in [4.69, 9.17) is 4.74 Å². The Labute approximate surface area is 201 Å². The molecule has 0 radical (unpaired) electrons. The first-order valence-corrected chi connectivity index (χ1v) is 12.3. The molecule has 184 valence electrons. The van der Waals surface area contributed by atoms with Crippen molar-refractivity contribution < 1.29 is 19.7 Å². The zero-order valence-corrected chi connectivity index (χ0v) is 20.5. The summed E-state index contributed by atoms with van der Waals surface area (Å²) in [6, 6.07) is 0. The quantitative estimate of drug-likeness (QED) is 0.447. The van der Waals surface area contributed by atoms with Gasteiger partial charge in [-0.3, -0.25) is 4.99 Å². The smallest absolute Gasteiger partial charge is 0.334 e. The second-order valence-corrected chi connectivity index (χ2v) is 10.7. The Morgan fingerprint density at radius 3 is 2.94 bits per heavy atom. The summed E-state index contributed by atoms with van der Waals surface area (Å²) in [6.45, 7) is 4.25. The molecule has 4 N–H and O–H groups in total. The highest BCUT2D eigenvalue weighted by atomic mass is 16.5. The average Bonchev–Trinajstić information content (AvgIpc) is 3.15. The van der Waals surface area contributed by atoms with E-state index < -0.39 is 17.0 Å². The summed E-state index contributed by atoms with van der Waals surface area (Å²) in [4.78, 5) is 19.4. The van der Waals surface area contributed by atoms with E-state index in [-0.39, 0.29) is 41.3 Å². The van der Waals surface area contributed by atoms with Gasteiger partial charge in [0, 0.05) is 50.2 Å². The summed E-state index contributed by atoms with van der Waals surface area (Å²) < 4.78 is 5.40. The van der Waals surface area contributed by atoms with E-state index in [0.29, 0.717) is 25.9 Å². The van der Waals surface area contributed by atoms with Crippen molar-refractivity contribution in [2.24, 2.45) is 39.5 Å². The third-order valence-corrected chi connectivity index (χ3v) is 9.45. The first-order valence-electron chi connectivity index (χ1n) is 12.3. The van der Waals surface area contributed by atoms with E-state index in [1.54, 1.807) is 7.05 Å². The number of aliphatic carboxylic acids is 1. The van der Waals surface area contributed by atoms with Crippen LogP contribution in [0.25, 0.3) is 0 Å². The lowest BCUT2D eigenvalue weighted by Crippen LogP contribution is -2.64. The minimum Gasteiger partial charge on any atom is -0.478 e. The normalized spacial score (nSPS) is 43.3. The number of aliphatic hydroxyl groups is 1. The molecule has 8 heteroatoms. The highest BCUT2D eigenvalue weighted by molar-refractivity contribution is 5.92. The Bertz CT molecular complexity index is 1040. The molecule has 0 aromatic heterocycles. The topological polar surface area (TPSA) is 106 Å². The Balaban J connectivity index is 1.81. The number of allylic oxidation sites excluding steroid dienone is 1. The summed E-state index contributed by atoms with van der Waals surface area (Å²) in [6.07, 6.45) is 6.31. The van der Waals surface area contributed by atoms with Gasteiger partial charge in [-0.15, -0.1) is 0 Å². The van der Waals surface area contributed by atoms with Crippen LogP contribution in [0.1, 0.15) is 26.2 Å². The molecule has 5 aliphatic rings. The summed E-state index contributed by atoms with van der Waals surface area (Å²) in [7, 11) is 5.27. The molecule has 0 aromatic carbocycles. The molecule has 0 unspecified atom stereocenters. The van der Waals surface area contributed by atoms with Gasteiger partial charge in [0.05, 0.1) is 18.7 Å². The number of nitrogens with one attached hydrogen (secondary N) is 2. The molecule has 8 nitrogen and oxygen atoms in total. The zero-order valence-electron chi connectivity index (χ0n) is 20.5. The lowest BCUT2D eigenvalue weighted by atomic mass is 9.44. The van der Waals surface area contributed by atoms with Crippen molar-refractivity contribution in [3.63, 3.8) is 0 Å². The second-order valence-electron chi connectivity index (χ2n) is 10.7. The van der Waals surface area contributed by atoms with Crippen molar-refractivity contribution in [2.75, 3.05) is 47.4 Å². The maximum absolute atomic E-state index is 12.7. The van der Waals surface area contributed by atoms with Crippen LogP contribution in [0.4, 0.5) is 0 Å². The van der Waals surface area contributed by atoms with Gasteiger partial charge >= 0.3 is 5.97 Å².